The van der Waals surface area contributed by atoms with E-state index in [2.05, 4.69) is 4.90 Å². The monoisotopic (exact) mass is 311 g/mol. The molecule has 1 aromatic carbocycles. The fourth-order valence-electron chi connectivity index (χ4n) is 2.77. The molecule has 0 aliphatic carbocycles. The van der Waals surface area contributed by atoms with E-state index in [0.717, 1.165) is 32.5 Å². The van der Waals surface area contributed by atoms with Gasteiger partial charge in [-0.1, -0.05) is 18.2 Å². The van der Waals surface area contributed by atoms with Gasteiger partial charge in [-0.25, -0.2) is 4.39 Å². The first kappa shape index (κ1) is 17.3. The number of benzene rings is 1. The molecular weight excluding hydrogens is 285 g/mol. The van der Waals surface area contributed by atoms with Crippen LogP contribution >= 0.6 is 0 Å². The molecular formula is C17H26FNO3. The topological polar surface area (TPSA) is 41.9 Å². The van der Waals surface area contributed by atoms with E-state index in [0.29, 0.717) is 18.2 Å². The summed E-state index contributed by atoms with van der Waals surface area (Å²) in [6.45, 7) is 5.66. The molecule has 1 saturated heterocycles. The summed E-state index contributed by atoms with van der Waals surface area (Å²) in [5.41, 5.74) is 0.521. The van der Waals surface area contributed by atoms with Crippen molar-refractivity contribution in [3.05, 3.63) is 35.6 Å². The van der Waals surface area contributed by atoms with Crippen LogP contribution in [0.1, 0.15) is 25.3 Å². The van der Waals surface area contributed by atoms with Gasteiger partial charge in [0.15, 0.2) is 0 Å². The minimum Gasteiger partial charge on any atom is -0.389 e. The molecule has 0 radical (unpaired) electrons. The zero-order valence-electron chi connectivity index (χ0n) is 13.2. The predicted octanol–water partition coefficient (Wildman–Crippen LogP) is 2.20. The number of aliphatic hydroxyl groups is 1. The zero-order chi connectivity index (χ0) is 15.8. The highest BCUT2D eigenvalue weighted by Gasteiger charge is 2.21. The van der Waals surface area contributed by atoms with Gasteiger partial charge < -0.3 is 19.5 Å². The van der Waals surface area contributed by atoms with Crippen LogP contribution in [0.25, 0.3) is 0 Å². The molecule has 22 heavy (non-hydrogen) atoms. The van der Waals surface area contributed by atoms with Gasteiger partial charge in [-0.15, -0.1) is 0 Å². The number of rotatable bonds is 8. The van der Waals surface area contributed by atoms with Crippen LogP contribution in [0.5, 0.6) is 0 Å². The van der Waals surface area contributed by atoms with Crippen molar-refractivity contribution in [2.75, 3.05) is 32.8 Å². The molecule has 1 fully saturated rings. The minimum atomic E-state index is -0.546. The summed E-state index contributed by atoms with van der Waals surface area (Å²) in [4.78, 5) is 2.23. The van der Waals surface area contributed by atoms with Crippen LogP contribution < -0.4 is 0 Å². The predicted molar refractivity (Wildman–Crippen MR) is 83.2 cm³/mol. The van der Waals surface area contributed by atoms with Gasteiger partial charge in [-0.3, -0.25) is 0 Å². The Labute approximate surface area is 131 Å². The van der Waals surface area contributed by atoms with Crippen LogP contribution in [0.15, 0.2) is 24.3 Å². The lowest BCUT2D eigenvalue weighted by Crippen LogP contribution is -2.42. The summed E-state index contributed by atoms with van der Waals surface area (Å²) in [6.07, 6.45) is 1.83. The van der Waals surface area contributed by atoms with Gasteiger partial charge in [-0.05, 0) is 25.8 Å². The maximum atomic E-state index is 13.4. The van der Waals surface area contributed by atoms with Crippen LogP contribution in [0.2, 0.25) is 0 Å². The molecule has 0 aromatic heterocycles. The first-order chi connectivity index (χ1) is 10.7. The molecule has 1 heterocycles. The summed E-state index contributed by atoms with van der Waals surface area (Å²) in [7, 11) is 0. The van der Waals surface area contributed by atoms with Crippen molar-refractivity contribution in [2.45, 2.75) is 38.6 Å². The fraction of sp³-hybridized carbons (Fsp3) is 0.647. The Bertz CT molecular complexity index is 436. The lowest BCUT2D eigenvalue weighted by Gasteiger charge is -2.32. The van der Waals surface area contributed by atoms with Gasteiger partial charge in [0, 0.05) is 31.8 Å². The first-order valence-corrected chi connectivity index (χ1v) is 8.02. The SMILES string of the molecule is CCOC1CCN(CC(O)COCc2ccccc2F)CC1. The molecule has 1 N–H and O–H groups in total. The second kappa shape index (κ2) is 9.20. The van der Waals surface area contributed by atoms with E-state index >= 15 is 0 Å². The Kier molecular flexibility index (Phi) is 7.25. The summed E-state index contributed by atoms with van der Waals surface area (Å²) >= 11 is 0. The third kappa shape index (κ3) is 5.65. The zero-order valence-corrected chi connectivity index (χ0v) is 13.2. The lowest BCUT2D eigenvalue weighted by atomic mass is 10.1. The Morgan fingerprint density at radius 3 is 2.73 bits per heavy atom. The number of halogens is 1. The van der Waals surface area contributed by atoms with Crippen molar-refractivity contribution in [3.8, 4) is 0 Å². The summed E-state index contributed by atoms with van der Waals surface area (Å²) in [6, 6.07) is 6.54. The van der Waals surface area contributed by atoms with Crippen molar-refractivity contribution >= 4 is 0 Å². The van der Waals surface area contributed by atoms with Crippen molar-refractivity contribution < 1.29 is 19.0 Å². The molecule has 4 nitrogen and oxygen atoms in total. The van der Waals surface area contributed by atoms with Gasteiger partial charge >= 0.3 is 0 Å². The molecule has 124 valence electrons. The molecule has 0 saturated carbocycles. The van der Waals surface area contributed by atoms with Crippen LogP contribution in [0, 0.1) is 5.82 Å². The van der Waals surface area contributed by atoms with Gasteiger partial charge in [0.25, 0.3) is 0 Å². The standard InChI is InChI=1S/C17H26FNO3/c1-2-22-16-7-9-19(10-8-16)11-15(20)13-21-12-14-5-3-4-6-17(14)18/h3-6,15-16,20H,2,7-13H2,1H3. The number of hydrogen-bond donors (Lipinski definition) is 1. The van der Waals surface area contributed by atoms with Gasteiger partial charge in [-0.2, -0.15) is 0 Å². The third-order valence-corrected chi connectivity index (χ3v) is 3.93. The summed E-state index contributed by atoms with van der Waals surface area (Å²) in [5, 5.41) is 10.0. The van der Waals surface area contributed by atoms with E-state index in [-0.39, 0.29) is 19.0 Å². The second-order valence-corrected chi connectivity index (χ2v) is 5.72. The summed E-state index contributed by atoms with van der Waals surface area (Å²) < 4.78 is 24.5. The molecule has 0 bridgehead atoms. The van der Waals surface area contributed by atoms with Crippen LogP contribution in [-0.2, 0) is 16.1 Å². The van der Waals surface area contributed by atoms with Gasteiger partial charge in [0.05, 0.1) is 25.4 Å². The van der Waals surface area contributed by atoms with Crippen molar-refractivity contribution in [2.24, 2.45) is 0 Å². The number of nitrogens with zero attached hydrogens (tertiary/aromatic N) is 1. The summed E-state index contributed by atoms with van der Waals surface area (Å²) in [5.74, 6) is -0.269. The fourth-order valence-corrected chi connectivity index (χ4v) is 2.77. The molecule has 1 aliphatic rings. The van der Waals surface area contributed by atoms with Crippen LogP contribution in [-0.4, -0.2) is 55.1 Å². The molecule has 1 unspecified atom stereocenters. The average Bonchev–Trinajstić information content (AvgIpc) is 2.51. The molecule has 1 aliphatic heterocycles. The molecule has 1 atom stereocenters. The largest absolute Gasteiger partial charge is 0.389 e. The molecule has 0 amide bonds. The number of hydrogen-bond acceptors (Lipinski definition) is 4. The number of likely N-dealkylation sites (tertiary alicyclic amines) is 1. The Morgan fingerprint density at radius 1 is 1.32 bits per heavy atom. The maximum Gasteiger partial charge on any atom is 0.128 e. The number of β-amino-alcohol motifs (C(OH)–C–C–N with tert-alkyl or cyclic N) is 1. The number of piperidine rings is 1. The second-order valence-electron chi connectivity index (χ2n) is 5.72. The molecule has 2 rings (SSSR count). The van der Waals surface area contributed by atoms with E-state index < -0.39 is 6.10 Å². The van der Waals surface area contributed by atoms with E-state index in [1.165, 1.54) is 6.07 Å². The Balaban J connectivity index is 1.62. The van der Waals surface area contributed by atoms with E-state index in [4.69, 9.17) is 9.47 Å². The van der Waals surface area contributed by atoms with E-state index in [1.54, 1.807) is 18.2 Å². The van der Waals surface area contributed by atoms with Crippen molar-refractivity contribution in [3.63, 3.8) is 0 Å². The third-order valence-electron chi connectivity index (χ3n) is 3.93. The highest BCUT2D eigenvalue weighted by Crippen LogP contribution is 2.14. The van der Waals surface area contributed by atoms with E-state index in [1.807, 2.05) is 6.92 Å². The Hall–Kier alpha value is -1.01. The normalized spacial score (nSPS) is 18.5. The maximum absolute atomic E-state index is 13.4. The molecule has 1 aromatic rings. The van der Waals surface area contributed by atoms with Crippen molar-refractivity contribution in [1.82, 2.24) is 4.90 Å². The average molecular weight is 311 g/mol. The van der Waals surface area contributed by atoms with Crippen molar-refractivity contribution in [1.29, 1.82) is 0 Å². The van der Waals surface area contributed by atoms with Crippen LogP contribution in [0.4, 0.5) is 4.39 Å². The highest BCUT2D eigenvalue weighted by atomic mass is 19.1. The van der Waals surface area contributed by atoms with E-state index in [9.17, 15) is 9.50 Å². The number of aliphatic hydroxyl groups excluding tert-OH is 1. The van der Waals surface area contributed by atoms with Gasteiger partial charge in [0.2, 0.25) is 0 Å². The molecule has 5 heteroatoms. The first-order valence-electron chi connectivity index (χ1n) is 8.02. The smallest absolute Gasteiger partial charge is 0.128 e. The number of ether oxygens (including phenoxy) is 2. The quantitative estimate of drug-likeness (QED) is 0.799. The van der Waals surface area contributed by atoms with Gasteiger partial charge in [0.1, 0.15) is 5.82 Å². The Morgan fingerprint density at radius 2 is 2.05 bits per heavy atom. The minimum absolute atomic E-state index is 0.191. The van der Waals surface area contributed by atoms with Crippen LogP contribution in [0.3, 0.4) is 0 Å². The highest BCUT2D eigenvalue weighted by molar-refractivity contribution is 5.16. The lowest BCUT2D eigenvalue weighted by molar-refractivity contribution is -0.0175. The molecule has 0 spiro atoms.